The predicted octanol–water partition coefficient (Wildman–Crippen LogP) is 3.37. The average Bonchev–Trinajstić information content (AvgIpc) is 2.36. The molecule has 0 bridgehead atoms. The lowest BCUT2D eigenvalue weighted by molar-refractivity contribution is -0.131. The number of amides is 1. The second-order valence-electron chi connectivity index (χ2n) is 5.85. The van der Waals surface area contributed by atoms with E-state index in [0.29, 0.717) is 36.0 Å². The number of hydrogen-bond donors (Lipinski definition) is 1. The maximum Gasteiger partial charge on any atom is 0.222 e. The summed E-state index contributed by atoms with van der Waals surface area (Å²) >= 11 is 11.9. The summed E-state index contributed by atoms with van der Waals surface area (Å²) in [5.41, 5.74) is 6.56. The Morgan fingerprint density at radius 2 is 2.00 bits per heavy atom. The Balaban J connectivity index is 2.54. The number of benzene rings is 1. The molecule has 0 saturated heterocycles. The van der Waals surface area contributed by atoms with Gasteiger partial charge < -0.3 is 10.6 Å². The lowest BCUT2D eigenvalue weighted by atomic mass is 9.93. The Labute approximate surface area is 131 Å². The Bertz CT molecular complexity index is 475. The van der Waals surface area contributed by atoms with Gasteiger partial charge in [0.15, 0.2) is 0 Å². The normalized spacial score (nSPS) is 11.5. The maximum atomic E-state index is 12.1. The van der Waals surface area contributed by atoms with Crippen LogP contribution in [0.2, 0.25) is 10.0 Å². The minimum atomic E-state index is -0.0671. The Morgan fingerprint density at radius 1 is 1.35 bits per heavy atom. The molecule has 0 saturated carbocycles. The van der Waals surface area contributed by atoms with Crippen LogP contribution in [-0.4, -0.2) is 30.9 Å². The molecular weight excluding hydrogens is 295 g/mol. The van der Waals surface area contributed by atoms with E-state index in [1.807, 2.05) is 27.0 Å². The van der Waals surface area contributed by atoms with Crippen LogP contribution in [0.4, 0.5) is 0 Å². The third kappa shape index (κ3) is 5.31. The first-order valence-electron chi connectivity index (χ1n) is 6.63. The van der Waals surface area contributed by atoms with Gasteiger partial charge in [-0.25, -0.2) is 0 Å². The summed E-state index contributed by atoms with van der Waals surface area (Å²) in [6.45, 7) is 5.30. The van der Waals surface area contributed by atoms with Crippen LogP contribution in [-0.2, 0) is 11.2 Å². The quantitative estimate of drug-likeness (QED) is 0.874. The van der Waals surface area contributed by atoms with Gasteiger partial charge in [0.1, 0.15) is 0 Å². The number of carbonyl (C=O) groups is 1. The van der Waals surface area contributed by atoms with E-state index in [0.717, 1.165) is 5.56 Å². The minimum absolute atomic E-state index is 0.0671. The molecule has 20 heavy (non-hydrogen) atoms. The van der Waals surface area contributed by atoms with Crippen molar-refractivity contribution < 1.29 is 4.79 Å². The lowest BCUT2D eigenvalue weighted by Gasteiger charge is -2.29. The van der Waals surface area contributed by atoms with E-state index in [1.165, 1.54) is 0 Å². The molecule has 1 aromatic carbocycles. The third-order valence-corrected chi connectivity index (χ3v) is 3.85. The number of aryl methyl sites for hydroxylation is 1. The number of carbonyl (C=O) groups excluding carboxylic acids is 1. The molecule has 0 heterocycles. The highest BCUT2D eigenvalue weighted by molar-refractivity contribution is 6.35. The zero-order valence-electron chi connectivity index (χ0n) is 12.2. The van der Waals surface area contributed by atoms with Gasteiger partial charge >= 0.3 is 0 Å². The monoisotopic (exact) mass is 316 g/mol. The summed E-state index contributed by atoms with van der Waals surface area (Å²) in [6.07, 6.45) is 1.04. The first-order valence-corrected chi connectivity index (χ1v) is 7.39. The van der Waals surface area contributed by atoms with Crippen LogP contribution in [0, 0.1) is 5.41 Å². The summed E-state index contributed by atoms with van der Waals surface area (Å²) in [5.74, 6) is 0.0949. The number of nitrogens with zero attached hydrogens (tertiary/aromatic N) is 1. The van der Waals surface area contributed by atoms with E-state index in [1.54, 1.807) is 17.0 Å². The molecule has 5 heteroatoms. The van der Waals surface area contributed by atoms with Crippen molar-refractivity contribution in [3.8, 4) is 0 Å². The largest absolute Gasteiger partial charge is 0.345 e. The van der Waals surface area contributed by atoms with E-state index in [9.17, 15) is 4.79 Å². The smallest absolute Gasteiger partial charge is 0.222 e. The summed E-state index contributed by atoms with van der Waals surface area (Å²) < 4.78 is 0. The van der Waals surface area contributed by atoms with Gasteiger partial charge in [0.05, 0.1) is 0 Å². The van der Waals surface area contributed by atoms with E-state index in [-0.39, 0.29) is 11.3 Å². The number of nitrogens with two attached hydrogens (primary N) is 1. The van der Waals surface area contributed by atoms with Gasteiger partial charge in [0, 0.05) is 30.1 Å². The highest BCUT2D eigenvalue weighted by Crippen LogP contribution is 2.22. The molecule has 0 aliphatic carbocycles. The molecule has 0 unspecified atom stereocenters. The number of halogens is 2. The third-order valence-electron chi connectivity index (χ3n) is 3.27. The topological polar surface area (TPSA) is 46.3 Å². The first-order chi connectivity index (χ1) is 9.25. The SMILES string of the molecule is CN(CC(C)(C)CN)C(=O)CCc1ccc(Cl)cc1Cl. The average molecular weight is 317 g/mol. The summed E-state index contributed by atoms with van der Waals surface area (Å²) in [4.78, 5) is 13.8. The van der Waals surface area contributed by atoms with E-state index >= 15 is 0 Å². The first kappa shape index (κ1) is 17.3. The second-order valence-corrected chi connectivity index (χ2v) is 6.70. The van der Waals surface area contributed by atoms with Crippen LogP contribution in [0.15, 0.2) is 18.2 Å². The van der Waals surface area contributed by atoms with Crippen LogP contribution in [0.25, 0.3) is 0 Å². The van der Waals surface area contributed by atoms with Crippen molar-refractivity contribution in [2.45, 2.75) is 26.7 Å². The lowest BCUT2D eigenvalue weighted by Crippen LogP contribution is -2.39. The molecule has 1 aromatic rings. The molecule has 0 spiro atoms. The molecule has 112 valence electrons. The summed E-state index contributed by atoms with van der Waals surface area (Å²) in [5, 5.41) is 1.21. The fourth-order valence-corrected chi connectivity index (χ4v) is 2.45. The Kier molecular flexibility index (Phi) is 6.31. The van der Waals surface area contributed by atoms with E-state index < -0.39 is 0 Å². The van der Waals surface area contributed by atoms with E-state index in [2.05, 4.69) is 0 Å². The van der Waals surface area contributed by atoms with Crippen molar-refractivity contribution in [3.63, 3.8) is 0 Å². The number of hydrogen-bond acceptors (Lipinski definition) is 2. The summed E-state index contributed by atoms with van der Waals surface area (Å²) in [7, 11) is 1.81. The summed E-state index contributed by atoms with van der Waals surface area (Å²) in [6, 6.07) is 5.35. The molecule has 1 amide bonds. The van der Waals surface area contributed by atoms with Gasteiger partial charge in [-0.2, -0.15) is 0 Å². The minimum Gasteiger partial charge on any atom is -0.345 e. The fraction of sp³-hybridized carbons (Fsp3) is 0.533. The fourth-order valence-electron chi connectivity index (χ4n) is 1.95. The zero-order chi connectivity index (χ0) is 15.3. The van der Waals surface area contributed by atoms with Gasteiger partial charge in [-0.3, -0.25) is 4.79 Å². The van der Waals surface area contributed by atoms with Crippen molar-refractivity contribution in [1.29, 1.82) is 0 Å². The zero-order valence-corrected chi connectivity index (χ0v) is 13.8. The standard InChI is InChI=1S/C15H22Cl2N2O/c1-15(2,9-18)10-19(3)14(20)7-5-11-4-6-12(16)8-13(11)17/h4,6,8H,5,7,9-10,18H2,1-3H3. The van der Waals surface area contributed by atoms with Crippen LogP contribution < -0.4 is 5.73 Å². The van der Waals surface area contributed by atoms with Crippen molar-refractivity contribution in [1.82, 2.24) is 4.90 Å². The molecule has 3 nitrogen and oxygen atoms in total. The van der Waals surface area contributed by atoms with Crippen molar-refractivity contribution >= 4 is 29.1 Å². The molecule has 0 atom stereocenters. The van der Waals surface area contributed by atoms with Crippen molar-refractivity contribution in [2.75, 3.05) is 20.1 Å². The molecule has 0 radical (unpaired) electrons. The van der Waals surface area contributed by atoms with Gasteiger partial charge in [-0.05, 0) is 36.1 Å². The van der Waals surface area contributed by atoms with Crippen LogP contribution in [0.3, 0.4) is 0 Å². The van der Waals surface area contributed by atoms with Crippen molar-refractivity contribution in [2.24, 2.45) is 11.1 Å². The van der Waals surface area contributed by atoms with Gasteiger partial charge in [0.2, 0.25) is 5.91 Å². The molecule has 2 N–H and O–H groups in total. The molecule has 1 rings (SSSR count). The molecule has 0 aromatic heterocycles. The van der Waals surface area contributed by atoms with Crippen molar-refractivity contribution in [3.05, 3.63) is 33.8 Å². The molecule has 0 fully saturated rings. The molecule has 0 aliphatic rings. The number of rotatable bonds is 6. The van der Waals surface area contributed by atoms with Crippen LogP contribution >= 0.6 is 23.2 Å². The highest BCUT2D eigenvalue weighted by atomic mass is 35.5. The van der Waals surface area contributed by atoms with E-state index in [4.69, 9.17) is 28.9 Å². The van der Waals surface area contributed by atoms with Crippen LogP contribution in [0.1, 0.15) is 25.8 Å². The van der Waals surface area contributed by atoms with Gasteiger partial charge in [-0.1, -0.05) is 43.1 Å². The predicted molar refractivity (Wildman–Crippen MR) is 85.3 cm³/mol. The van der Waals surface area contributed by atoms with Gasteiger partial charge in [-0.15, -0.1) is 0 Å². The second kappa shape index (κ2) is 7.30. The Hall–Kier alpha value is -0.770. The molecular formula is C15H22Cl2N2O. The van der Waals surface area contributed by atoms with Gasteiger partial charge in [0.25, 0.3) is 0 Å². The maximum absolute atomic E-state index is 12.1. The Morgan fingerprint density at radius 3 is 2.55 bits per heavy atom. The van der Waals surface area contributed by atoms with Crippen LogP contribution in [0.5, 0.6) is 0 Å². The molecule has 0 aliphatic heterocycles. The highest BCUT2D eigenvalue weighted by Gasteiger charge is 2.21.